The van der Waals surface area contributed by atoms with E-state index in [2.05, 4.69) is 32.9 Å². The van der Waals surface area contributed by atoms with Gasteiger partial charge in [-0.15, -0.1) is 35.3 Å². The molecule has 0 unspecified atom stereocenters. The van der Waals surface area contributed by atoms with Gasteiger partial charge in [-0.1, -0.05) is 25.1 Å². The van der Waals surface area contributed by atoms with Crippen molar-refractivity contribution in [3.05, 3.63) is 52.0 Å². The van der Waals surface area contributed by atoms with Crippen LogP contribution in [-0.2, 0) is 12.8 Å². The highest BCUT2D eigenvalue weighted by Gasteiger charge is 2.04. The molecule has 1 aromatic carbocycles. The number of nitrogens with one attached hydrogen (secondary N) is 3. The molecule has 1 aromatic heterocycles. The van der Waals surface area contributed by atoms with Gasteiger partial charge in [-0.2, -0.15) is 0 Å². The van der Waals surface area contributed by atoms with E-state index in [1.165, 1.54) is 4.88 Å². The Balaban J connectivity index is 0.00000338. The maximum Gasteiger partial charge on any atom is 0.251 e. The van der Waals surface area contributed by atoms with Crippen LogP contribution in [0, 0.1) is 0 Å². The molecule has 2 rings (SSSR count). The lowest BCUT2D eigenvalue weighted by molar-refractivity contribution is 0.0954. The molecule has 142 valence electrons. The van der Waals surface area contributed by atoms with Gasteiger partial charge in [0.2, 0.25) is 0 Å². The number of thiazole rings is 1. The molecule has 0 aliphatic rings. The van der Waals surface area contributed by atoms with Crippen molar-refractivity contribution in [3.63, 3.8) is 0 Å². The molecule has 0 aliphatic carbocycles. The maximum absolute atomic E-state index is 11.9. The Morgan fingerprint density at radius 1 is 1.12 bits per heavy atom. The Morgan fingerprint density at radius 2 is 1.81 bits per heavy atom. The lowest BCUT2D eigenvalue weighted by atomic mass is 10.2. The lowest BCUT2D eigenvalue weighted by Gasteiger charge is -2.12. The molecule has 0 saturated carbocycles. The number of rotatable bonds is 8. The van der Waals surface area contributed by atoms with Gasteiger partial charge in [-0.25, -0.2) is 4.98 Å². The second-order valence-electron chi connectivity index (χ2n) is 5.37. The minimum atomic E-state index is -0.0687. The number of carbonyl (C=O) groups excluding carboxylic acids is 1. The zero-order valence-corrected chi connectivity index (χ0v) is 18.3. The van der Waals surface area contributed by atoms with Gasteiger partial charge in [0, 0.05) is 49.7 Å². The molecule has 0 fully saturated rings. The van der Waals surface area contributed by atoms with Crippen LogP contribution in [0.2, 0.25) is 0 Å². The minimum absolute atomic E-state index is 0. The summed E-state index contributed by atoms with van der Waals surface area (Å²) in [6.45, 7) is 4.04. The Labute approximate surface area is 175 Å². The van der Waals surface area contributed by atoms with Crippen LogP contribution in [0.25, 0.3) is 0 Å². The summed E-state index contributed by atoms with van der Waals surface area (Å²) >= 11 is 1.76. The molecular weight excluding hydrogens is 461 g/mol. The van der Waals surface area contributed by atoms with Crippen LogP contribution < -0.4 is 16.0 Å². The van der Waals surface area contributed by atoms with Crippen molar-refractivity contribution in [2.45, 2.75) is 19.8 Å². The summed E-state index contributed by atoms with van der Waals surface area (Å²) in [5.41, 5.74) is 0.667. The Morgan fingerprint density at radius 3 is 2.46 bits per heavy atom. The number of aromatic nitrogens is 1. The molecule has 0 spiro atoms. The highest BCUT2D eigenvalue weighted by molar-refractivity contribution is 14.0. The SMILES string of the molecule is CCc1cnc(CCNC(=NC)NCCNC(=O)c2ccccc2)s1.I. The lowest BCUT2D eigenvalue weighted by Crippen LogP contribution is -2.42. The normalized spacial score (nSPS) is 10.8. The van der Waals surface area contributed by atoms with Crippen LogP contribution in [0.3, 0.4) is 0 Å². The number of aryl methyl sites for hydroxylation is 1. The summed E-state index contributed by atoms with van der Waals surface area (Å²) in [7, 11) is 1.73. The first-order chi connectivity index (χ1) is 12.2. The van der Waals surface area contributed by atoms with E-state index < -0.39 is 0 Å². The van der Waals surface area contributed by atoms with E-state index in [0.717, 1.165) is 30.4 Å². The molecule has 0 atom stereocenters. The van der Waals surface area contributed by atoms with Crippen molar-refractivity contribution in [2.24, 2.45) is 4.99 Å². The number of benzene rings is 1. The number of guanidine groups is 1. The molecule has 0 radical (unpaired) electrons. The fourth-order valence-electron chi connectivity index (χ4n) is 2.18. The number of hydrogen-bond donors (Lipinski definition) is 3. The third kappa shape index (κ3) is 7.69. The predicted molar refractivity (Wildman–Crippen MR) is 119 cm³/mol. The van der Waals surface area contributed by atoms with E-state index in [0.29, 0.717) is 18.7 Å². The predicted octanol–water partition coefficient (Wildman–Crippen LogP) is 2.46. The van der Waals surface area contributed by atoms with Gasteiger partial charge in [-0.3, -0.25) is 9.79 Å². The van der Waals surface area contributed by atoms with Gasteiger partial charge >= 0.3 is 0 Å². The topological polar surface area (TPSA) is 78.4 Å². The van der Waals surface area contributed by atoms with Gasteiger partial charge in [0.15, 0.2) is 5.96 Å². The van der Waals surface area contributed by atoms with Crippen molar-refractivity contribution in [1.29, 1.82) is 0 Å². The molecule has 6 nitrogen and oxygen atoms in total. The second-order valence-corrected chi connectivity index (χ2v) is 6.57. The van der Waals surface area contributed by atoms with Crippen LogP contribution in [0.15, 0.2) is 41.5 Å². The fraction of sp³-hybridized carbons (Fsp3) is 0.389. The van der Waals surface area contributed by atoms with E-state index in [4.69, 9.17) is 0 Å². The summed E-state index contributed by atoms with van der Waals surface area (Å²) < 4.78 is 0. The van der Waals surface area contributed by atoms with Gasteiger partial charge in [0.25, 0.3) is 5.91 Å². The minimum Gasteiger partial charge on any atom is -0.356 e. The van der Waals surface area contributed by atoms with Crippen molar-refractivity contribution in [2.75, 3.05) is 26.7 Å². The first kappa shape index (κ1) is 22.4. The van der Waals surface area contributed by atoms with E-state index in [9.17, 15) is 4.79 Å². The largest absolute Gasteiger partial charge is 0.356 e. The third-order valence-corrected chi connectivity index (χ3v) is 4.75. The molecule has 0 aliphatic heterocycles. The van der Waals surface area contributed by atoms with E-state index in [1.807, 2.05) is 24.4 Å². The first-order valence-corrected chi connectivity index (χ1v) is 9.26. The number of amides is 1. The highest BCUT2D eigenvalue weighted by atomic mass is 127. The molecule has 26 heavy (non-hydrogen) atoms. The van der Waals surface area contributed by atoms with Crippen molar-refractivity contribution in [1.82, 2.24) is 20.9 Å². The van der Waals surface area contributed by atoms with Gasteiger partial charge in [0.05, 0.1) is 5.01 Å². The number of hydrogen-bond acceptors (Lipinski definition) is 4. The molecule has 0 saturated heterocycles. The summed E-state index contributed by atoms with van der Waals surface area (Å²) in [5.74, 6) is 0.655. The van der Waals surface area contributed by atoms with Crippen LogP contribution in [0.5, 0.6) is 0 Å². The third-order valence-electron chi connectivity index (χ3n) is 3.54. The maximum atomic E-state index is 11.9. The first-order valence-electron chi connectivity index (χ1n) is 8.44. The summed E-state index contributed by atoms with van der Waals surface area (Å²) in [6.07, 6.45) is 3.85. The van der Waals surface area contributed by atoms with Gasteiger partial charge in [-0.05, 0) is 18.6 Å². The monoisotopic (exact) mass is 487 g/mol. The number of aliphatic imine (C=N–C) groups is 1. The fourth-order valence-corrected chi connectivity index (χ4v) is 3.05. The molecule has 0 bridgehead atoms. The highest BCUT2D eigenvalue weighted by Crippen LogP contribution is 2.13. The summed E-state index contributed by atoms with van der Waals surface area (Å²) in [5, 5.41) is 10.5. The number of carbonyl (C=O) groups is 1. The van der Waals surface area contributed by atoms with E-state index >= 15 is 0 Å². The van der Waals surface area contributed by atoms with Crippen LogP contribution in [0.1, 0.15) is 27.2 Å². The Hall–Kier alpha value is -1.68. The number of halogens is 1. The van der Waals surface area contributed by atoms with Crippen LogP contribution in [0.4, 0.5) is 0 Å². The summed E-state index contributed by atoms with van der Waals surface area (Å²) in [6, 6.07) is 9.19. The average molecular weight is 487 g/mol. The Bertz CT molecular complexity index is 690. The molecule has 1 amide bonds. The quantitative estimate of drug-likeness (QED) is 0.232. The van der Waals surface area contributed by atoms with Gasteiger partial charge in [0.1, 0.15) is 0 Å². The second kappa shape index (κ2) is 12.6. The Kier molecular flexibility index (Phi) is 10.9. The molecule has 8 heteroatoms. The van der Waals surface area contributed by atoms with Crippen LogP contribution >= 0.6 is 35.3 Å². The molecular formula is C18H26IN5OS. The average Bonchev–Trinajstić information content (AvgIpc) is 3.12. The molecule has 2 aromatic rings. The van der Waals surface area contributed by atoms with Crippen molar-refractivity contribution < 1.29 is 4.79 Å². The van der Waals surface area contributed by atoms with Gasteiger partial charge < -0.3 is 16.0 Å². The van der Waals surface area contributed by atoms with Crippen molar-refractivity contribution in [3.8, 4) is 0 Å². The smallest absolute Gasteiger partial charge is 0.251 e. The van der Waals surface area contributed by atoms with E-state index in [-0.39, 0.29) is 29.9 Å². The zero-order chi connectivity index (χ0) is 17.9. The van der Waals surface area contributed by atoms with E-state index in [1.54, 1.807) is 30.5 Å². The molecule has 1 heterocycles. The number of nitrogens with zero attached hydrogens (tertiary/aromatic N) is 2. The van der Waals surface area contributed by atoms with Crippen molar-refractivity contribution >= 4 is 47.2 Å². The standard InChI is InChI=1S/C18H25N5OS.HI/c1-3-15-13-23-16(25-15)9-10-21-18(19-2)22-12-11-20-17(24)14-7-5-4-6-8-14;/h4-8,13H,3,9-12H2,1-2H3,(H,20,24)(H2,19,21,22);1H. The van der Waals surface area contributed by atoms with Crippen LogP contribution in [-0.4, -0.2) is 43.5 Å². The summed E-state index contributed by atoms with van der Waals surface area (Å²) in [4.78, 5) is 21.8. The molecule has 3 N–H and O–H groups in total. The zero-order valence-electron chi connectivity index (χ0n) is 15.1.